The fourth-order valence-corrected chi connectivity index (χ4v) is 2.04. The zero-order valence-electron chi connectivity index (χ0n) is 9.28. The second-order valence-corrected chi connectivity index (χ2v) is 4.56. The number of phenolic OH excluding ortho intramolecular Hbond substituents is 1. The van der Waals surface area contributed by atoms with Crippen LogP contribution in [0.1, 0.15) is 26.4 Å². The van der Waals surface area contributed by atoms with E-state index in [4.69, 9.17) is 28.3 Å². The zero-order valence-corrected chi connectivity index (χ0v) is 10.8. The van der Waals surface area contributed by atoms with Crippen molar-refractivity contribution in [3.05, 3.63) is 51.3 Å². The van der Waals surface area contributed by atoms with Crippen LogP contribution >= 0.6 is 23.2 Å². The van der Waals surface area contributed by atoms with Gasteiger partial charge in [0.15, 0.2) is 5.78 Å². The van der Waals surface area contributed by atoms with E-state index in [2.05, 4.69) is 4.98 Å². The summed E-state index contributed by atoms with van der Waals surface area (Å²) in [5.41, 5.74) is -0.129. The normalized spacial score (nSPS) is 10.4. The van der Waals surface area contributed by atoms with Crippen molar-refractivity contribution in [3.63, 3.8) is 0 Å². The number of carbonyl (C=O) groups is 2. The monoisotopic (exact) mass is 299 g/mol. The summed E-state index contributed by atoms with van der Waals surface area (Å²) >= 11 is 11.5. The Morgan fingerprint density at radius 2 is 1.84 bits per heavy atom. The van der Waals surface area contributed by atoms with Gasteiger partial charge in [0.1, 0.15) is 11.4 Å². The molecule has 0 atom stereocenters. The summed E-state index contributed by atoms with van der Waals surface area (Å²) in [5.74, 6) is -2.16. The highest BCUT2D eigenvalue weighted by atomic mass is 35.5. The van der Waals surface area contributed by atoms with Gasteiger partial charge in [0.2, 0.25) is 0 Å². The summed E-state index contributed by atoms with van der Waals surface area (Å²) in [7, 11) is 0. The maximum Gasteiger partial charge on any atom is 0.352 e. The molecule has 0 bridgehead atoms. The lowest BCUT2D eigenvalue weighted by atomic mass is 10.0. The number of halogens is 2. The summed E-state index contributed by atoms with van der Waals surface area (Å²) in [4.78, 5) is 25.3. The van der Waals surface area contributed by atoms with E-state index in [1.807, 2.05) is 0 Å². The van der Waals surface area contributed by atoms with Gasteiger partial charge in [-0.1, -0.05) is 23.2 Å². The third-order valence-corrected chi connectivity index (χ3v) is 2.95. The lowest BCUT2D eigenvalue weighted by Crippen LogP contribution is -2.01. The topological polar surface area (TPSA) is 90.4 Å². The second-order valence-electron chi connectivity index (χ2n) is 3.72. The standard InChI is InChI=1S/C12H7Cl2NO4/c13-6-2-7(11(17)8(14)3-6)10(16)5-1-9(12(18)19)15-4-5/h1-4,15,17H,(H,18,19). The van der Waals surface area contributed by atoms with Crippen LogP contribution in [0, 0.1) is 0 Å². The first-order valence-corrected chi connectivity index (χ1v) is 5.80. The molecule has 5 nitrogen and oxygen atoms in total. The van der Waals surface area contributed by atoms with Crippen molar-refractivity contribution in [2.45, 2.75) is 0 Å². The molecule has 2 aromatic rings. The van der Waals surface area contributed by atoms with Gasteiger partial charge in [0.25, 0.3) is 0 Å². The van der Waals surface area contributed by atoms with Crippen molar-refractivity contribution >= 4 is 35.0 Å². The van der Waals surface area contributed by atoms with Crippen LogP contribution in [0.25, 0.3) is 0 Å². The van der Waals surface area contributed by atoms with Gasteiger partial charge in [0.05, 0.1) is 10.6 Å². The Morgan fingerprint density at radius 3 is 2.42 bits per heavy atom. The summed E-state index contributed by atoms with van der Waals surface area (Å²) in [6, 6.07) is 3.73. The average Bonchev–Trinajstić information content (AvgIpc) is 2.82. The van der Waals surface area contributed by atoms with Crippen LogP contribution in [0.4, 0.5) is 0 Å². The van der Waals surface area contributed by atoms with E-state index < -0.39 is 17.5 Å². The van der Waals surface area contributed by atoms with E-state index in [-0.39, 0.29) is 26.9 Å². The Bertz CT molecular complexity index is 678. The van der Waals surface area contributed by atoms with Gasteiger partial charge >= 0.3 is 5.97 Å². The van der Waals surface area contributed by atoms with Crippen LogP contribution in [-0.2, 0) is 0 Å². The number of benzene rings is 1. The molecule has 0 fully saturated rings. The molecular weight excluding hydrogens is 293 g/mol. The maximum absolute atomic E-state index is 12.1. The largest absolute Gasteiger partial charge is 0.506 e. The fraction of sp³-hybridized carbons (Fsp3) is 0. The number of ketones is 1. The Morgan fingerprint density at radius 1 is 1.16 bits per heavy atom. The molecule has 98 valence electrons. The number of rotatable bonds is 3. The van der Waals surface area contributed by atoms with Crippen molar-refractivity contribution < 1.29 is 19.8 Å². The number of hydrogen-bond acceptors (Lipinski definition) is 3. The smallest absolute Gasteiger partial charge is 0.352 e. The molecule has 2 rings (SSSR count). The molecule has 0 aliphatic rings. The third kappa shape index (κ3) is 2.57. The van der Waals surface area contributed by atoms with Crippen LogP contribution in [0.5, 0.6) is 5.75 Å². The van der Waals surface area contributed by atoms with Crippen LogP contribution < -0.4 is 0 Å². The maximum atomic E-state index is 12.1. The first-order valence-electron chi connectivity index (χ1n) is 5.04. The Labute approximate surface area is 117 Å². The predicted octanol–water partition coefficient (Wildman–Crippen LogP) is 2.96. The number of aromatic amines is 1. The molecule has 0 aliphatic carbocycles. The van der Waals surface area contributed by atoms with Crippen LogP contribution in [0.2, 0.25) is 10.0 Å². The summed E-state index contributed by atoms with van der Waals surface area (Å²) in [5, 5.41) is 18.6. The van der Waals surface area contributed by atoms with Crippen LogP contribution in [0.15, 0.2) is 24.4 Å². The van der Waals surface area contributed by atoms with Crippen molar-refractivity contribution in [3.8, 4) is 5.75 Å². The van der Waals surface area contributed by atoms with Crippen molar-refractivity contribution in [2.75, 3.05) is 0 Å². The molecule has 1 heterocycles. The van der Waals surface area contributed by atoms with Crippen LogP contribution in [-0.4, -0.2) is 26.9 Å². The molecule has 1 aromatic heterocycles. The summed E-state index contributed by atoms with van der Waals surface area (Å²) in [6.45, 7) is 0. The minimum atomic E-state index is -1.19. The molecule has 0 spiro atoms. The number of nitrogens with one attached hydrogen (secondary N) is 1. The second kappa shape index (κ2) is 4.95. The molecule has 1 aromatic carbocycles. The van der Waals surface area contributed by atoms with Crippen LogP contribution in [0.3, 0.4) is 0 Å². The molecule has 0 unspecified atom stereocenters. The van der Waals surface area contributed by atoms with Gasteiger partial charge in [-0.15, -0.1) is 0 Å². The zero-order chi connectivity index (χ0) is 14.2. The highest BCUT2D eigenvalue weighted by Gasteiger charge is 2.19. The number of aromatic nitrogens is 1. The number of carbonyl (C=O) groups excluding carboxylic acids is 1. The van der Waals surface area contributed by atoms with E-state index in [9.17, 15) is 14.7 Å². The first-order chi connectivity index (χ1) is 8.90. The van der Waals surface area contributed by atoms with Crippen molar-refractivity contribution in [1.29, 1.82) is 0 Å². The molecule has 0 saturated heterocycles. The Kier molecular flexibility index (Phi) is 3.50. The lowest BCUT2D eigenvalue weighted by molar-refractivity contribution is 0.0691. The van der Waals surface area contributed by atoms with Gasteiger partial charge in [-0.2, -0.15) is 0 Å². The van der Waals surface area contributed by atoms with Crippen molar-refractivity contribution in [2.24, 2.45) is 0 Å². The molecular formula is C12H7Cl2NO4. The SMILES string of the molecule is O=C(O)c1cc(C(=O)c2cc(Cl)cc(Cl)c2O)c[nH]1. The van der Waals surface area contributed by atoms with E-state index in [1.165, 1.54) is 24.4 Å². The lowest BCUT2D eigenvalue weighted by Gasteiger charge is -2.05. The Hall–Kier alpha value is -1.98. The number of phenols is 1. The van der Waals surface area contributed by atoms with E-state index in [1.54, 1.807) is 0 Å². The summed E-state index contributed by atoms with van der Waals surface area (Å²) < 4.78 is 0. The van der Waals surface area contributed by atoms with E-state index in [0.717, 1.165) is 0 Å². The number of hydrogen-bond donors (Lipinski definition) is 3. The number of aromatic hydroxyl groups is 1. The number of carboxylic acids is 1. The quantitative estimate of drug-likeness (QED) is 0.760. The van der Waals surface area contributed by atoms with Gasteiger partial charge in [0, 0.05) is 16.8 Å². The average molecular weight is 300 g/mol. The van der Waals surface area contributed by atoms with Crippen molar-refractivity contribution in [1.82, 2.24) is 4.98 Å². The molecule has 19 heavy (non-hydrogen) atoms. The molecule has 3 N–H and O–H groups in total. The number of carboxylic acid groups (broad SMARTS) is 1. The Balaban J connectivity index is 2.46. The predicted molar refractivity (Wildman–Crippen MR) is 69.3 cm³/mol. The van der Waals surface area contributed by atoms with Gasteiger partial charge in [-0.25, -0.2) is 4.79 Å². The van der Waals surface area contributed by atoms with Gasteiger partial charge in [-0.3, -0.25) is 4.79 Å². The highest BCUT2D eigenvalue weighted by Crippen LogP contribution is 2.32. The van der Waals surface area contributed by atoms with E-state index >= 15 is 0 Å². The first kappa shape index (κ1) is 13.5. The fourth-order valence-electron chi connectivity index (χ4n) is 1.54. The third-order valence-electron chi connectivity index (χ3n) is 2.45. The van der Waals surface area contributed by atoms with Gasteiger partial charge in [-0.05, 0) is 18.2 Å². The molecule has 0 radical (unpaired) electrons. The number of aromatic carboxylic acids is 1. The highest BCUT2D eigenvalue weighted by molar-refractivity contribution is 6.36. The van der Waals surface area contributed by atoms with Gasteiger partial charge < -0.3 is 15.2 Å². The minimum Gasteiger partial charge on any atom is -0.506 e. The molecule has 7 heteroatoms. The van der Waals surface area contributed by atoms with E-state index in [0.29, 0.717) is 0 Å². The number of H-pyrrole nitrogens is 1. The molecule has 0 amide bonds. The minimum absolute atomic E-state index is 0.0511. The molecule has 0 saturated carbocycles. The summed E-state index contributed by atoms with van der Waals surface area (Å²) in [6.07, 6.45) is 1.24. The molecule has 0 aliphatic heterocycles.